The van der Waals surface area contributed by atoms with Crippen molar-refractivity contribution < 1.29 is 13.9 Å². The fourth-order valence-corrected chi connectivity index (χ4v) is 3.73. The van der Waals surface area contributed by atoms with E-state index in [1.54, 1.807) is 6.92 Å². The van der Waals surface area contributed by atoms with Crippen LogP contribution in [-0.4, -0.2) is 27.0 Å². The predicted octanol–water partition coefficient (Wildman–Crippen LogP) is 3.00. The lowest BCUT2D eigenvalue weighted by Crippen LogP contribution is -2.30. The summed E-state index contributed by atoms with van der Waals surface area (Å²) in [7, 11) is 0. The van der Waals surface area contributed by atoms with E-state index >= 15 is 0 Å². The normalized spacial score (nSPS) is 14.0. The van der Waals surface area contributed by atoms with Crippen LogP contribution in [0, 0.1) is 6.92 Å². The lowest BCUT2D eigenvalue weighted by molar-refractivity contribution is -0.122. The number of carbonyl (C=O) groups is 1. The Hall–Kier alpha value is -3.16. The second kappa shape index (κ2) is 7.69. The highest BCUT2D eigenvalue weighted by Crippen LogP contribution is 2.33. The highest BCUT2D eigenvalue weighted by molar-refractivity contribution is 5.93. The molecule has 4 rings (SSSR count). The van der Waals surface area contributed by atoms with Gasteiger partial charge in [-0.15, -0.1) is 5.10 Å². The van der Waals surface area contributed by atoms with Gasteiger partial charge in [-0.05, 0) is 57.2 Å². The van der Waals surface area contributed by atoms with Crippen LogP contribution in [0.4, 0.5) is 5.82 Å². The summed E-state index contributed by atoms with van der Waals surface area (Å²) in [6, 6.07) is 3.74. The quantitative estimate of drug-likeness (QED) is 0.643. The number of rotatable bonds is 6. The van der Waals surface area contributed by atoms with Gasteiger partial charge < -0.3 is 14.5 Å². The molecule has 29 heavy (non-hydrogen) atoms. The van der Waals surface area contributed by atoms with E-state index in [1.807, 2.05) is 26.0 Å². The van der Waals surface area contributed by atoms with Crippen LogP contribution in [0.1, 0.15) is 43.4 Å². The highest BCUT2D eigenvalue weighted by atomic mass is 16.5. The summed E-state index contributed by atoms with van der Waals surface area (Å²) < 4.78 is 11.5. The Kier molecular flexibility index (Phi) is 5.08. The van der Waals surface area contributed by atoms with Gasteiger partial charge >= 0.3 is 5.63 Å². The van der Waals surface area contributed by atoms with Gasteiger partial charge in [-0.25, -0.2) is 4.79 Å². The molecule has 1 N–H and O–H groups in total. The maximum atomic E-state index is 12.5. The monoisotopic (exact) mass is 396 g/mol. The van der Waals surface area contributed by atoms with Crippen LogP contribution in [0.5, 0.6) is 5.75 Å². The molecule has 1 amide bonds. The molecule has 1 aromatic carbocycles. The first kappa shape index (κ1) is 19.2. The van der Waals surface area contributed by atoms with Crippen LogP contribution < -0.4 is 15.7 Å². The molecule has 0 radical (unpaired) electrons. The first-order valence-electron chi connectivity index (χ1n) is 9.93. The molecule has 2 heterocycles. The molecule has 0 fully saturated rings. The summed E-state index contributed by atoms with van der Waals surface area (Å²) in [4.78, 5) is 26.3. The number of hydrogen-bond acceptors (Lipinski definition) is 6. The van der Waals surface area contributed by atoms with Gasteiger partial charge in [0, 0.05) is 16.5 Å². The van der Waals surface area contributed by atoms with Gasteiger partial charge in [0.1, 0.15) is 11.3 Å². The van der Waals surface area contributed by atoms with Gasteiger partial charge in [0.05, 0.1) is 12.7 Å². The fourth-order valence-electron chi connectivity index (χ4n) is 3.73. The van der Waals surface area contributed by atoms with Crippen molar-refractivity contribution in [2.45, 2.75) is 59.1 Å². The number of ether oxygens (including phenoxy) is 1. The molecule has 2 aromatic heterocycles. The number of nitrogens with zero attached hydrogens (tertiary/aromatic N) is 3. The van der Waals surface area contributed by atoms with Crippen LogP contribution in [0.25, 0.3) is 11.0 Å². The number of hydrogen-bond donors (Lipinski definition) is 1. The Morgan fingerprint density at radius 3 is 2.93 bits per heavy atom. The SMILES string of the molecule is CCCn1ncc(NC(=O)C(C)Oc2ccc3c4c(c(=O)oc3c2C)CCC4)n1. The van der Waals surface area contributed by atoms with Crippen molar-refractivity contribution in [3.8, 4) is 5.75 Å². The zero-order valence-corrected chi connectivity index (χ0v) is 16.8. The van der Waals surface area contributed by atoms with Crippen molar-refractivity contribution in [1.82, 2.24) is 15.0 Å². The van der Waals surface area contributed by atoms with E-state index in [2.05, 4.69) is 15.5 Å². The van der Waals surface area contributed by atoms with Crippen LogP contribution in [-0.2, 0) is 24.2 Å². The van der Waals surface area contributed by atoms with Crippen molar-refractivity contribution in [1.29, 1.82) is 0 Å². The number of benzene rings is 1. The standard InChI is InChI=1S/C21H24N4O4/c1-4-10-25-22-11-18(24-25)23-20(26)13(3)28-17-9-8-15-14-6-5-7-16(14)21(27)29-19(15)12(17)2/h8-9,11,13H,4-7,10H2,1-3H3,(H,23,24,26). The van der Waals surface area contributed by atoms with Gasteiger partial charge in [-0.2, -0.15) is 9.90 Å². The van der Waals surface area contributed by atoms with E-state index < -0.39 is 6.10 Å². The zero-order valence-electron chi connectivity index (χ0n) is 16.8. The fraction of sp³-hybridized carbons (Fsp3) is 0.429. The number of aromatic nitrogens is 3. The molecule has 1 atom stereocenters. The maximum Gasteiger partial charge on any atom is 0.339 e. The Bertz CT molecular complexity index is 1130. The Labute approximate surface area is 167 Å². The first-order valence-corrected chi connectivity index (χ1v) is 9.93. The number of carbonyl (C=O) groups excluding carboxylic acids is 1. The number of amides is 1. The molecular weight excluding hydrogens is 372 g/mol. The van der Waals surface area contributed by atoms with Crippen molar-refractivity contribution in [2.75, 3.05) is 5.32 Å². The van der Waals surface area contributed by atoms with Gasteiger partial charge in [0.15, 0.2) is 11.9 Å². The third-order valence-electron chi connectivity index (χ3n) is 5.22. The molecular formula is C21H24N4O4. The Balaban J connectivity index is 1.54. The van der Waals surface area contributed by atoms with Gasteiger partial charge in [0.25, 0.3) is 5.91 Å². The molecule has 8 nitrogen and oxygen atoms in total. The Morgan fingerprint density at radius 1 is 1.34 bits per heavy atom. The zero-order chi connectivity index (χ0) is 20.5. The average Bonchev–Trinajstić information content (AvgIpc) is 3.35. The van der Waals surface area contributed by atoms with Crippen LogP contribution in [0.2, 0.25) is 0 Å². The Morgan fingerprint density at radius 2 is 2.14 bits per heavy atom. The topological polar surface area (TPSA) is 99.2 Å². The van der Waals surface area contributed by atoms with Crippen LogP contribution >= 0.6 is 0 Å². The summed E-state index contributed by atoms with van der Waals surface area (Å²) in [6.07, 6.45) is 4.28. The summed E-state index contributed by atoms with van der Waals surface area (Å²) in [5.74, 6) is 0.565. The second-order valence-electron chi connectivity index (χ2n) is 7.34. The van der Waals surface area contributed by atoms with E-state index in [0.29, 0.717) is 29.3 Å². The minimum atomic E-state index is -0.761. The third-order valence-corrected chi connectivity index (χ3v) is 5.22. The molecule has 1 unspecified atom stereocenters. The molecule has 1 aliphatic rings. The predicted molar refractivity (Wildman–Crippen MR) is 108 cm³/mol. The number of anilines is 1. The smallest absolute Gasteiger partial charge is 0.339 e. The lowest BCUT2D eigenvalue weighted by atomic mass is 10.0. The minimum Gasteiger partial charge on any atom is -0.480 e. The minimum absolute atomic E-state index is 0.272. The van der Waals surface area contributed by atoms with Crippen molar-refractivity contribution in [3.05, 3.63) is 45.4 Å². The summed E-state index contributed by atoms with van der Waals surface area (Å²) in [6.45, 7) is 6.21. The maximum absolute atomic E-state index is 12.5. The number of nitrogens with one attached hydrogen (secondary N) is 1. The molecule has 0 bridgehead atoms. The lowest BCUT2D eigenvalue weighted by Gasteiger charge is -2.16. The summed E-state index contributed by atoms with van der Waals surface area (Å²) in [5.41, 5.74) is 2.83. The second-order valence-corrected chi connectivity index (χ2v) is 7.34. The number of fused-ring (bicyclic) bond motifs is 3. The van der Waals surface area contributed by atoms with E-state index in [4.69, 9.17) is 9.15 Å². The third kappa shape index (κ3) is 3.62. The molecule has 8 heteroatoms. The van der Waals surface area contributed by atoms with Crippen LogP contribution in [0.3, 0.4) is 0 Å². The molecule has 0 spiro atoms. The molecule has 0 saturated carbocycles. The largest absolute Gasteiger partial charge is 0.480 e. The van der Waals surface area contributed by atoms with Crippen molar-refractivity contribution in [2.24, 2.45) is 0 Å². The van der Waals surface area contributed by atoms with E-state index in [-0.39, 0.29) is 11.5 Å². The van der Waals surface area contributed by atoms with Gasteiger partial charge in [-0.3, -0.25) is 4.79 Å². The van der Waals surface area contributed by atoms with Crippen molar-refractivity contribution in [3.63, 3.8) is 0 Å². The summed E-state index contributed by atoms with van der Waals surface area (Å²) >= 11 is 0. The van der Waals surface area contributed by atoms with E-state index in [9.17, 15) is 9.59 Å². The molecule has 0 saturated heterocycles. The highest BCUT2D eigenvalue weighted by Gasteiger charge is 2.23. The van der Waals surface area contributed by atoms with E-state index in [0.717, 1.165) is 42.2 Å². The average molecular weight is 396 g/mol. The first-order chi connectivity index (χ1) is 14.0. The summed E-state index contributed by atoms with van der Waals surface area (Å²) in [5, 5.41) is 12.0. The molecule has 0 aliphatic heterocycles. The number of aryl methyl sites for hydroxylation is 3. The van der Waals surface area contributed by atoms with Crippen molar-refractivity contribution >= 4 is 22.7 Å². The molecule has 3 aromatic rings. The molecule has 1 aliphatic carbocycles. The molecule has 152 valence electrons. The van der Waals surface area contributed by atoms with Gasteiger partial charge in [-0.1, -0.05) is 6.92 Å². The van der Waals surface area contributed by atoms with Crippen LogP contribution in [0.15, 0.2) is 27.5 Å². The van der Waals surface area contributed by atoms with E-state index in [1.165, 1.54) is 11.0 Å². The van der Waals surface area contributed by atoms with Gasteiger partial charge in [0.2, 0.25) is 0 Å².